The van der Waals surface area contributed by atoms with Crippen molar-refractivity contribution in [2.24, 2.45) is 5.73 Å². The Bertz CT molecular complexity index is 327. The van der Waals surface area contributed by atoms with Gasteiger partial charge in [0.25, 0.3) is 0 Å². The van der Waals surface area contributed by atoms with Gasteiger partial charge in [-0.2, -0.15) is 0 Å². The monoisotopic (exact) mass is 236 g/mol. The van der Waals surface area contributed by atoms with E-state index in [1.807, 2.05) is 30.3 Å². The molecule has 0 heterocycles. The summed E-state index contributed by atoms with van der Waals surface area (Å²) in [6.45, 7) is 1.41. The molecule has 0 radical (unpaired) electrons. The van der Waals surface area contributed by atoms with Crippen molar-refractivity contribution in [1.82, 2.24) is 5.32 Å². The molecule has 94 valence electrons. The summed E-state index contributed by atoms with van der Waals surface area (Å²) in [7, 11) is 1.66. The normalized spacial score (nSPS) is 12.3. The van der Waals surface area contributed by atoms with E-state index < -0.39 is 0 Å². The van der Waals surface area contributed by atoms with Gasteiger partial charge in [-0.1, -0.05) is 30.3 Å². The summed E-state index contributed by atoms with van der Waals surface area (Å²) in [5.41, 5.74) is 6.47. The highest BCUT2D eigenvalue weighted by atomic mass is 16.5. The molecule has 0 fully saturated rings. The van der Waals surface area contributed by atoms with Crippen molar-refractivity contribution < 1.29 is 9.53 Å². The molecule has 0 saturated carbocycles. The summed E-state index contributed by atoms with van der Waals surface area (Å²) in [6, 6.07) is 9.54. The third kappa shape index (κ3) is 5.47. The molecule has 0 unspecified atom stereocenters. The zero-order chi connectivity index (χ0) is 12.5. The van der Waals surface area contributed by atoms with Gasteiger partial charge in [-0.15, -0.1) is 0 Å². The van der Waals surface area contributed by atoms with E-state index in [0.717, 1.165) is 18.5 Å². The maximum Gasteiger partial charge on any atom is 0.234 e. The molecule has 4 heteroatoms. The predicted octanol–water partition coefficient (Wildman–Crippen LogP) is 0.709. The number of primary amides is 1. The lowest BCUT2D eigenvalue weighted by Crippen LogP contribution is -2.43. The van der Waals surface area contributed by atoms with Crippen LogP contribution in [0.25, 0.3) is 0 Å². The van der Waals surface area contributed by atoms with Crippen LogP contribution in [0.5, 0.6) is 0 Å². The fourth-order valence-corrected chi connectivity index (χ4v) is 1.62. The van der Waals surface area contributed by atoms with Crippen LogP contribution < -0.4 is 11.1 Å². The Kier molecular flexibility index (Phi) is 6.29. The van der Waals surface area contributed by atoms with Crippen molar-refractivity contribution >= 4 is 5.91 Å². The molecule has 0 saturated heterocycles. The van der Waals surface area contributed by atoms with Crippen molar-refractivity contribution in [2.45, 2.75) is 18.9 Å². The van der Waals surface area contributed by atoms with E-state index >= 15 is 0 Å². The molecular weight excluding hydrogens is 216 g/mol. The number of carbonyl (C=O) groups is 1. The van der Waals surface area contributed by atoms with Crippen LogP contribution in [-0.2, 0) is 16.0 Å². The molecular formula is C13H20N2O2. The number of nitrogens with two attached hydrogens (primary N) is 1. The number of methoxy groups -OCH3 is 1. The number of amides is 1. The molecule has 0 aliphatic carbocycles. The fraction of sp³-hybridized carbons (Fsp3) is 0.462. The summed E-state index contributed by atoms with van der Waals surface area (Å²) in [6.07, 6.45) is 1.50. The maximum atomic E-state index is 11.3. The minimum Gasteiger partial charge on any atom is -0.385 e. The number of rotatable bonds is 8. The molecule has 4 nitrogen and oxygen atoms in total. The first-order valence-corrected chi connectivity index (χ1v) is 5.79. The van der Waals surface area contributed by atoms with Crippen LogP contribution in [0.15, 0.2) is 30.3 Å². The standard InChI is InChI=1S/C13H20N2O2/c1-17-9-5-8-15-12(13(14)16)10-11-6-3-2-4-7-11/h2-4,6-7,12,15H,5,8-10H2,1H3,(H2,14,16)/t12-/m0/s1. The van der Waals surface area contributed by atoms with Crippen LogP contribution in [0.1, 0.15) is 12.0 Å². The van der Waals surface area contributed by atoms with E-state index in [4.69, 9.17) is 10.5 Å². The molecule has 1 atom stereocenters. The smallest absolute Gasteiger partial charge is 0.234 e. The zero-order valence-electron chi connectivity index (χ0n) is 10.2. The first-order chi connectivity index (χ1) is 8.24. The van der Waals surface area contributed by atoms with Crippen molar-refractivity contribution in [1.29, 1.82) is 0 Å². The van der Waals surface area contributed by atoms with Crippen LogP contribution in [0.2, 0.25) is 0 Å². The number of hydrogen-bond donors (Lipinski definition) is 2. The second-order valence-corrected chi connectivity index (χ2v) is 3.95. The Morgan fingerprint density at radius 3 is 2.71 bits per heavy atom. The average Bonchev–Trinajstić information content (AvgIpc) is 2.34. The SMILES string of the molecule is COCCCN[C@@H](Cc1ccccc1)C(N)=O. The zero-order valence-corrected chi connectivity index (χ0v) is 10.2. The topological polar surface area (TPSA) is 64.3 Å². The Morgan fingerprint density at radius 1 is 1.41 bits per heavy atom. The van der Waals surface area contributed by atoms with Gasteiger partial charge >= 0.3 is 0 Å². The van der Waals surface area contributed by atoms with Crippen molar-refractivity contribution in [3.63, 3.8) is 0 Å². The lowest BCUT2D eigenvalue weighted by Gasteiger charge is -2.15. The molecule has 1 rings (SSSR count). The first-order valence-electron chi connectivity index (χ1n) is 5.79. The van der Waals surface area contributed by atoms with Gasteiger partial charge in [-0.05, 0) is 24.9 Å². The molecule has 1 aromatic carbocycles. The predicted molar refractivity (Wildman–Crippen MR) is 67.6 cm³/mol. The van der Waals surface area contributed by atoms with Gasteiger partial charge in [0.2, 0.25) is 5.91 Å². The van der Waals surface area contributed by atoms with E-state index in [-0.39, 0.29) is 11.9 Å². The van der Waals surface area contributed by atoms with Gasteiger partial charge < -0.3 is 15.8 Å². The number of benzene rings is 1. The van der Waals surface area contributed by atoms with Gasteiger partial charge in [0.1, 0.15) is 0 Å². The van der Waals surface area contributed by atoms with E-state index in [1.54, 1.807) is 7.11 Å². The van der Waals surface area contributed by atoms with Crippen LogP contribution >= 0.6 is 0 Å². The highest BCUT2D eigenvalue weighted by Gasteiger charge is 2.14. The maximum absolute atomic E-state index is 11.3. The quantitative estimate of drug-likeness (QED) is 0.653. The third-order valence-corrected chi connectivity index (χ3v) is 2.54. The number of nitrogens with one attached hydrogen (secondary N) is 1. The third-order valence-electron chi connectivity index (χ3n) is 2.54. The van der Waals surface area contributed by atoms with Gasteiger partial charge in [-0.25, -0.2) is 0 Å². The Morgan fingerprint density at radius 2 is 2.12 bits per heavy atom. The Labute approximate surface area is 102 Å². The number of hydrogen-bond acceptors (Lipinski definition) is 3. The second-order valence-electron chi connectivity index (χ2n) is 3.95. The highest BCUT2D eigenvalue weighted by molar-refractivity contribution is 5.80. The Hall–Kier alpha value is -1.39. The molecule has 17 heavy (non-hydrogen) atoms. The molecule has 1 aromatic rings. The molecule has 0 bridgehead atoms. The second kappa shape index (κ2) is 7.81. The summed E-state index contributed by atoms with van der Waals surface area (Å²) in [5.74, 6) is -0.314. The Balaban J connectivity index is 2.41. The lowest BCUT2D eigenvalue weighted by atomic mass is 10.1. The van der Waals surface area contributed by atoms with Crippen LogP contribution in [0, 0.1) is 0 Å². The molecule has 0 aliphatic heterocycles. The van der Waals surface area contributed by atoms with Crippen molar-refractivity contribution in [3.8, 4) is 0 Å². The minimum absolute atomic E-state index is 0.311. The molecule has 3 N–H and O–H groups in total. The summed E-state index contributed by atoms with van der Waals surface area (Å²) >= 11 is 0. The van der Waals surface area contributed by atoms with Crippen molar-refractivity contribution in [3.05, 3.63) is 35.9 Å². The van der Waals surface area contributed by atoms with Crippen molar-refractivity contribution in [2.75, 3.05) is 20.3 Å². The van der Waals surface area contributed by atoms with Gasteiger partial charge in [0.05, 0.1) is 6.04 Å². The number of carbonyl (C=O) groups excluding carboxylic acids is 1. The van der Waals surface area contributed by atoms with Gasteiger partial charge in [0, 0.05) is 13.7 Å². The van der Waals surface area contributed by atoms with Crippen LogP contribution in [0.4, 0.5) is 0 Å². The summed E-state index contributed by atoms with van der Waals surface area (Å²) in [4.78, 5) is 11.3. The van der Waals surface area contributed by atoms with E-state index in [2.05, 4.69) is 5.32 Å². The van der Waals surface area contributed by atoms with Crippen LogP contribution in [-0.4, -0.2) is 32.2 Å². The molecule has 1 amide bonds. The van der Waals surface area contributed by atoms with E-state index in [9.17, 15) is 4.79 Å². The average molecular weight is 236 g/mol. The highest BCUT2D eigenvalue weighted by Crippen LogP contribution is 2.03. The largest absolute Gasteiger partial charge is 0.385 e. The minimum atomic E-state index is -0.314. The van der Waals surface area contributed by atoms with E-state index in [0.29, 0.717) is 13.0 Å². The summed E-state index contributed by atoms with van der Waals surface area (Å²) < 4.78 is 4.95. The number of ether oxygens (including phenoxy) is 1. The van der Waals surface area contributed by atoms with E-state index in [1.165, 1.54) is 0 Å². The fourth-order valence-electron chi connectivity index (χ4n) is 1.62. The molecule has 0 spiro atoms. The molecule has 0 aromatic heterocycles. The van der Waals surface area contributed by atoms with Crippen LogP contribution in [0.3, 0.4) is 0 Å². The van der Waals surface area contributed by atoms with Gasteiger partial charge in [-0.3, -0.25) is 4.79 Å². The van der Waals surface area contributed by atoms with Gasteiger partial charge in [0.15, 0.2) is 0 Å². The first kappa shape index (κ1) is 13.7. The lowest BCUT2D eigenvalue weighted by molar-refractivity contribution is -0.120. The molecule has 0 aliphatic rings. The summed E-state index contributed by atoms with van der Waals surface area (Å²) in [5, 5.41) is 3.15.